The molecule has 1 heterocycles. The highest BCUT2D eigenvalue weighted by Crippen LogP contribution is 2.22. The lowest BCUT2D eigenvalue weighted by Gasteiger charge is -2.09. The van der Waals surface area contributed by atoms with Crippen molar-refractivity contribution >= 4 is 34.7 Å². The lowest BCUT2D eigenvalue weighted by atomic mass is 10.0. The molecule has 0 aliphatic rings. The number of carbonyl (C=O) groups excluding carboxylic acids is 2. The second-order valence-corrected chi connectivity index (χ2v) is 7.44. The van der Waals surface area contributed by atoms with Gasteiger partial charge >= 0.3 is 5.97 Å². The summed E-state index contributed by atoms with van der Waals surface area (Å²) in [6.45, 7) is 5.47. The number of carbonyl (C=O) groups is 3. The Balaban J connectivity index is 1.89. The van der Waals surface area contributed by atoms with Crippen LogP contribution in [0.15, 0.2) is 30.3 Å². The summed E-state index contributed by atoms with van der Waals surface area (Å²) in [5.74, 6) is -1.76. The number of benzene rings is 1. The Morgan fingerprint density at radius 1 is 1.12 bits per heavy atom. The SMILES string of the molecule is Cc1cc(C(=O)CCC(=O)Nc2ccc(C(C)C(=O)O)cc2)c(C)s1. The summed E-state index contributed by atoms with van der Waals surface area (Å²) in [5.41, 5.74) is 1.95. The number of hydrogen-bond acceptors (Lipinski definition) is 4. The third-order valence-electron chi connectivity index (χ3n) is 3.99. The average Bonchev–Trinajstić information content (AvgIpc) is 2.91. The molecule has 0 radical (unpaired) electrons. The number of anilines is 1. The van der Waals surface area contributed by atoms with Crippen LogP contribution in [-0.2, 0) is 9.59 Å². The topological polar surface area (TPSA) is 83.5 Å². The van der Waals surface area contributed by atoms with E-state index in [4.69, 9.17) is 5.11 Å². The van der Waals surface area contributed by atoms with Crippen molar-refractivity contribution in [1.29, 1.82) is 0 Å². The predicted molar refractivity (Wildman–Crippen MR) is 98.5 cm³/mol. The van der Waals surface area contributed by atoms with Crippen LogP contribution in [0, 0.1) is 13.8 Å². The number of Topliss-reactive ketones (excluding diaryl/α,β-unsaturated/α-hetero) is 1. The fraction of sp³-hybridized carbons (Fsp3) is 0.316. The van der Waals surface area contributed by atoms with Gasteiger partial charge in [-0.2, -0.15) is 0 Å². The summed E-state index contributed by atoms with van der Waals surface area (Å²) in [6.07, 6.45) is 0.275. The molecule has 6 heteroatoms. The van der Waals surface area contributed by atoms with Crippen molar-refractivity contribution in [2.75, 3.05) is 5.32 Å². The Labute approximate surface area is 150 Å². The van der Waals surface area contributed by atoms with Crippen molar-refractivity contribution in [1.82, 2.24) is 0 Å². The molecule has 2 N–H and O–H groups in total. The van der Waals surface area contributed by atoms with Gasteiger partial charge in [0, 0.05) is 33.8 Å². The van der Waals surface area contributed by atoms with Gasteiger partial charge < -0.3 is 10.4 Å². The van der Waals surface area contributed by atoms with Gasteiger partial charge in [-0.05, 0) is 44.5 Å². The van der Waals surface area contributed by atoms with Crippen molar-refractivity contribution in [2.24, 2.45) is 0 Å². The van der Waals surface area contributed by atoms with Crippen molar-refractivity contribution in [2.45, 2.75) is 39.5 Å². The molecule has 1 unspecified atom stereocenters. The van der Waals surface area contributed by atoms with Crippen LogP contribution in [0.5, 0.6) is 0 Å². The number of carboxylic acids is 1. The average molecular weight is 359 g/mol. The monoisotopic (exact) mass is 359 g/mol. The molecule has 0 spiro atoms. The second-order valence-electron chi connectivity index (χ2n) is 5.98. The van der Waals surface area contributed by atoms with Crippen LogP contribution in [-0.4, -0.2) is 22.8 Å². The highest BCUT2D eigenvalue weighted by molar-refractivity contribution is 7.12. The number of nitrogens with one attached hydrogen (secondary N) is 1. The summed E-state index contributed by atoms with van der Waals surface area (Å²) in [7, 11) is 0. The molecule has 2 aromatic rings. The number of ketones is 1. The van der Waals surface area contributed by atoms with E-state index in [1.54, 1.807) is 42.5 Å². The molecule has 0 aliphatic carbocycles. The first-order chi connectivity index (χ1) is 11.8. The Kier molecular flexibility index (Phi) is 6.09. The van der Waals surface area contributed by atoms with Crippen LogP contribution >= 0.6 is 11.3 Å². The van der Waals surface area contributed by atoms with Gasteiger partial charge in [-0.3, -0.25) is 14.4 Å². The van der Waals surface area contributed by atoms with E-state index in [0.29, 0.717) is 16.8 Å². The minimum atomic E-state index is -0.894. The van der Waals surface area contributed by atoms with Gasteiger partial charge in [0.1, 0.15) is 0 Å². The fourth-order valence-electron chi connectivity index (χ4n) is 2.49. The van der Waals surface area contributed by atoms with E-state index in [-0.39, 0.29) is 24.5 Å². The molecule has 1 aromatic carbocycles. The van der Waals surface area contributed by atoms with Crippen LogP contribution in [0.2, 0.25) is 0 Å². The minimum Gasteiger partial charge on any atom is -0.481 e. The molecule has 1 amide bonds. The maximum absolute atomic E-state index is 12.2. The van der Waals surface area contributed by atoms with Crippen molar-refractivity contribution < 1.29 is 19.5 Å². The minimum absolute atomic E-state index is 0.0253. The van der Waals surface area contributed by atoms with E-state index >= 15 is 0 Å². The van der Waals surface area contributed by atoms with Crippen molar-refractivity contribution in [3.63, 3.8) is 0 Å². The van der Waals surface area contributed by atoms with Gasteiger partial charge in [0.05, 0.1) is 5.92 Å². The first kappa shape index (κ1) is 18.9. The molecule has 25 heavy (non-hydrogen) atoms. The largest absolute Gasteiger partial charge is 0.481 e. The molecule has 0 aliphatic heterocycles. The van der Waals surface area contributed by atoms with Crippen LogP contribution in [0.4, 0.5) is 5.69 Å². The maximum Gasteiger partial charge on any atom is 0.310 e. The quantitative estimate of drug-likeness (QED) is 0.727. The number of aliphatic carboxylic acids is 1. The smallest absolute Gasteiger partial charge is 0.310 e. The molecule has 0 saturated heterocycles. The fourth-order valence-corrected chi connectivity index (χ4v) is 3.43. The zero-order chi connectivity index (χ0) is 18.6. The Hall–Kier alpha value is -2.47. The number of carboxylic acid groups (broad SMARTS) is 1. The van der Waals surface area contributed by atoms with E-state index < -0.39 is 11.9 Å². The third kappa shape index (κ3) is 5.00. The molecule has 0 saturated carbocycles. The third-order valence-corrected chi connectivity index (χ3v) is 4.95. The summed E-state index contributed by atoms with van der Waals surface area (Å²) in [6, 6.07) is 8.55. The molecule has 0 bridgehead atoms. The summed E-state index contributed by atoms with van der Waals surface area (Å²) < 4.78 is 0. The number of rotatable bonds is 7. The second kappa shape index (κ2) is 8.07. The number of hydrogen-bond donors (Lipinski definition) is 2. The van der Waals surface area contributed by atoms with Crippen molar-refractivity contribution in [3.05, 3.63) is 51.2 Å². The van der Waals surface area contributed by atoms with Crippen LogP contribution in [0.1, 0.15) is 51.4 Å². The molecule has 2 rings (SSSR count). The molecule has 0 fully saturated rings. The normalized spacial score (nSPS) is 11.8. The Morgan fingerprint density at radius 3 is 2.28 bits per heavy atom. The molecule has 5 nitrogen and oxygen atoms in total. The maximum atomic E-state index is 12.2. The van der Waals surface area contributed by atoms with E-state index in [2.05, 4.69) is 5.32 Å². The van der Waals surface area contributed by atoms with E-state index in [9.17, 15) is 14.4 Å². The van der Waals surface area contributed by atoms with Gasteiger partial charge in [0.2, 0.25) is 5.91 Å². The van der Waals surface area contributed by atoms with Gasteiger partial charge in [0.15, 0.2) is 5.78 Å². The lowest BCUT2D eigenvalue weighted by molar-refractivity contribution is -0.138. The number of amides is 1. The van der Waals surface area contributed by atoms with Gasteiger partial charge in [-0.1, -0.05) is 12.1 Å². The molecule has 1 atom stereocenters. The Bertz CT molecular complexity index is 792. The number of thiophene rings is 1. The van der Waals surface area contributed by atoms with E-state index in [0.717, 1.165) is 9.75 Å². The van der Waals surface area contributed by atoms with Gasteiger partial charge in [0.25, 0.3) is 0 Å². The zero-order valence-corrected chi connectivity index (χ0v) is 15.3. The van der Waals surface area contributed by atoms with E-state index in [1.807, 2.05) is 19.9 Å². The first-order valence-corrected chi connectivity index (χ1v) is 8.82. The standard InChI is InChI=1S/C19H21NO4S/c1-11-10-16(13(3)25-11)17(21)8-9-18(22)20-15-6-4-14(5-7-15)12(2)19(23)24/h4-7,10,12H,8-9H2,1-3H3,(H,20,22)(H,23,24). The van der Waals surface area contributed by atoms with Crippen molar-refractivity contribution in [3.8, 4) is 0 Å². The van der Waals surface area contributed by atoms with E-state index in [1.165, 1.54) is 0 Å². The molecule has 1 aromatic heterocycles. The van der Waals surface area contributed by atoms with Gasteiger partial charge in [-0.25, -0.2) is 0 Å². The summed E-state index contributed by atoms with van der Waals surface area (Å²) in [4.78, 5) is 37.2. The van der Waals surface area contributed by atoms with Crippen LogP contribution < -0.4 is 5.32 Å². The highest BCUT2D eigenvalue weighted by atomic mass is 32.1. The molecular weight excluding hydrogens is 338 g/mol. The van der Waals surface area contributed by atoms with Gasteiger partial charge in [-0.15, -0.1) is 11.3 Å². The lowest BCUT2D eigenvalue weighted by Crippen LogP contribution is -2.14. The summed E-state index contributed by atoms with van der Waals surface area (Å²) >= 11 is 1.58. The Morgan fingerprint density at radius 2 is 1.76 bits per heavy atom. The zero-order valence-electron chi connectivity index (χ0n) is 14.5. The predicted octanol–water partition coefficient (Wildman–Crippen LogP) is 4.15. The first-order valence-electron chi connectivity index (χ1n) is 8.00. The highest BCUT2D eigenvalue weighted by Gasteiger charge is 2.15. The van der Waals surface area contributed by atoms with Crippen LogP contribution in [0.3, 0.4) is 0 Å². The molecule has 132 valence electrons. The summed E-state index contributed by atoms with van der Waals surface area (Å²) in [5, 5.41) is 11.7. The van der Waals surface area contributed by atoms with Crippen LogP contribution in [0.25, 0.3) is 0 Å². The molecular formula is C19H21NO4S. The number of aryl methyl sites for hydroxylation is 2.